The highest BCUT2D eigenvalue weighted by atomic mass is 19.1. The minimum Gasteiger partial charge on any atom is -0.339 e. The van der Waals surface area contributed by atoms with Crippen molar-refractivity contribution in [3.63, 3.8) is 0 Å². The highest BCUT2D eigenvalue weighted by molar-refractivity contribution is 5.76. The third-order valence-corrected chi connectivity index (χ3v) is 4.23. The molecule has 0 saturated heterocycles. The SMILES string of the molecule is C[C@@H](c1ccccc1F)N(C)C(=O)CC[C@H](N)c1ccccc1. The molecule has 3 nitrogen and oxygen atoms in total. The van der Waals surface area contributed by atoms with Crippen LogP contribution in [0.1, 0.15) is 43.0 Å². The van der Waals surface area contributed by atoms with E-state index in [1.807, 2.05) is 37.3 Å². The van der Waals surface area contributed by atoms with E-state index in [0.29, 0.717) is 18.4 Å². The van der Waals surface area contributed by atoms with E-state index >= 15 is 0 Å². The van der Waals surface area contributed by atoms with Gasteiger partial charge >= 0.3 is 0 Å². The lowest BCUT2D eigenvalue weighted by molar-refractivity contribution is -0.132. The summed E-state index contributed by atoms with van der Waals surface area (Å²) in [5.74, 6) is -0.326. The first-order valence-corrected chi connectivity index (χ1v) is 7.81. The van der Waals surface area contributed by atoms with Crippen LogP contribution in [-0.4, -0.2) is 17.9 Å². The summed E-state index contributed by atoms with van der Waals surface area (Å²) in [7, 11) is 1.70. The summed E-state index contributed by atoms with van der Waals surface area (Å²) in [6, 6.07) is 15.8. The van der Waals surface area contributed by atoms with Crippen LogP contribution >= 0.6 is 0 Å². The Morgan fingerprint density at radius 3 is 2.39 bits per heavy atom. The zero-order valence-corrected chi connectivity index (χ0v) is 13.6. The van der Waals surface area contributed by atoms with E-state index in [1.54, 1.807) is 30.1 Å². The van der Waals surface area contributed by atoms with Crippen molar-refractivity contribution in [2.24, 2.45) is 5.73 Å². The smallest absolute Gasteiger partial charge is 0.222 e. The molecule has 0 spiro atoms. The van der Waals surface area contributed by atoms with Gasteiger partial charge in [0.25, 0.3) is 0 Å². The summed E-state index contributed by atoms with van der Waals surface area (Å²) in [6.45, 7) is 1.83. The third kappa shape index (κ3) is 4.39. The van der Waals surface area contributed by atoms with E-state index in [2.05, 4.69) is 0 Å². The Bertz CT molecular complexity index is 645. The molecule has 0 unspecified atom stereocenters. The van der Waals surface area contributed by atoms with Crippen LogP contribution in [0.15, 0.2) is 54.6 Å². The minimum absolute atomic E-state index is 0.0351. The van der Waals surface area contributed by atoms with Gasteiger partial charge in [-0.25, -0.2) is 4.39 Å². The van der Waals surface area contributed by atoms with Crippen LogP contribution in [0.25, 0.3) is 0 Å². The summed E-state index contributed by atoms with van der Waals surface area (Å²) in [4.78, 5) is 13.9. The lowest BCUT2D eigenvalue weighted by Crippen LogP contribution is -2.30. The predicted molar refractivity (Wildman–Crippen MR) is 90.2 cm³/mol. The number of rotatable bonds is 6. The van der Waals surface area contributed by atoms with Crippen LogP contribution in [0.3, 0.4) is 0 Å². The van der Waals surface area contributed by atoms with E-state index in [-0.39, 0.29) is 23.8 Å². The van der Waals surface area contributed by atoms with Crippen molar-refractivity contribution in [2.45, 2.75) is 31.8 Å². The standard InChI is InChI=1S/C19H23FN2O/c1-14(16-10-6-7-11-17(16)20)22(2)19(23)13-12-18(21)15-8-4-3-5-9-15/h3-11,14,18H,12-13,21H2,1-2H3/t14-,18-/m0/s1. The molecule has 4 heteroatoms. The summed E-state index contributed by atoms with van der Waals surface area (Å²) in [6.07, 6.45) is 0.905. The third-order valence-electron chi connectivity index (χ3n) is 4.23. The van der Waals surface area contributed by atoms with Crippen molar-refractivity contribution in [3.8, 4) is 0 Å². The zero-order chi connectivity index (χ0) is 16.8. The maximum Gasteiger partial charge on any atom is 0.222 e. The molecule has 122 valence electrons. The second-order valence-corrected chi connectivity index (χ2v) is 5.76. The molecule has 0 radical (unpaired) electrons. The van der Waals surface area contributed by atoms with Crippen LogP contribution < -0.4 is 5.73 Å². The molecule has 2 rings (SSSR count). The average molecular weight is 314 g/mol. The first-order valence-electron chi connectivity index (χ1n) is 7.81. The molecule has 0 saturated carbocycles. The van der Waals surface area contributed by atoms with Gasteiger partial charge < -0.3 is 10.6 Å². The Labute approximate surface area is 136 Å². The van der Waals surface area contributed by atoms with Gasteiger partial charge in [0, 0.05) is 25.1 Å². The highest BCUT2D eigenvalue weighted by Gasteiger charge is 2.20. The van der Waals surface area contributed by atoms with E-state index in [0.717, 1.165) is 5.56 Å². The number of nitrogens with two attached hydrogens (primary N) is 1. The minimum atomic E-state index is -0.309. The molecular formula is C19H23FN2O. The highest BCUT2D eigenvalue weighted by Crippen LogP contribution is 2.23. The fourth-order valence-corrected chi connectivity index (χ4v) is 2.56. The fraction of sp³-hybridized carbons (Fsp3) is 0.316. The molecular weight excluding hydrogens is 291 g/mol. The van der Waals surface area contributed by atoms with Gasteiger partial charge in [-0.3, -0.25) is 4.79 Å². The summed E-state index contributed by atoms with van der Waals surface area (Å²) in [5.41, 5.74) is 7.67. The molecule has 0 bridgehead atoms. The quantitative estimate of drug-likeness (QED) is 0.881. The lowest BCUT2D eigenvalue weighted by atomic mass is 10.0. The number of amides is 1. The van der Waals surface area contributed by atoms with Crippen molar-refractivity contribution in [1.29, 1.82) is 0 Å². The van der Waals surface area contributed by atoms with Gasteiger partial charge in [-0.2, -0.15) is 0 Å². The fourth-order valence-electron chi connectivity index (χ4n) is 2.56. The van der Waals surface area contributed by atoms with Crippen molar-refractivity contribution in [1.82, 2.24) is 4.90 Å². The molecule has 0 aliphatic rings. The maximum absolute atomic E-state index is 13.8. The Kier molecular flexibility index (Phi) is 5.88. The summed E-state index contributed by atoms with van der Waals surface area (Å²) >= 11 is 0. The van der Waals surface area contributed by atoms with E-state index < -0.39 is 0 Å². The topological polar surface area (TPSA) is 46.3 Å². The monoisotopic (exact) mass is 314 g/mol. The van der Waals surface area contributed by atoms with Crippen molar-refractivity contribution < 1.29 is 9.18 Å². The van der Waals surface area contributed by atoms with Crippen molar-refractivity contribution in [2.75, 3.05) is 7.05 Å². The molecule has 0 fully saturated rings. The van der Waals surface area contributed by atoms with Gasteiger partial charge in [0.15, 0.2) is 0 Å². The molecule has 23 heavy (non-hydrogen) atoms. The molecule has 0 aromatic heterocycles. The van der Waals surface area contributed by atoms with Crippen LogP contribution in [0, 0.1) is 5.82 Å². The van der Waals surface area contributed by atoms with E-state index in [4.69, 9.17) is 5.73 Å². The van der Waals surface area contributed by atoms with Gasteiger partial charge in [-0.1, -0.05) is 48.5 Å². The molecule has 1 amide bonds. The van der Waals surface area contributed by atoms with Gasteiger partial charge in [0.1, 0.15) is 5.82 Å². The number of carbonyl (C=O) groups is 1. The van der Waals surface area contributed by atoms with Gasteiger partial charge in [0.05, 0.1) is 6.04 Å². The summed E-state index contributed by atoms with van der Waals surface area (Å²) < 4.78 is 13.8. The molecule has 2 N–H and O–H groups in total. The Hall–Kier alpha value is -2.20. The van der Waals surface area contributed by atoms with Crippen LogP contribution in [0.2, 0.25) is 0 Å². The number of benzene rings is 2. The van der Waals surface area contributed by atoms with Crippen LogP contribution in [0.4, 0.5) is 4.39 Å². The molecule has 2 atom stereocenters. The second kappa shape index (κ2) is 7.88. The Morgan fingerprint density at radius 1 is 1.13 bits per heavy atom. The lowest BCUT2D eigenvalue weighted by Gasteiger charge is -2.26. The van der Waals surface area contributed by atoms with Crippen molar-refractivity contribution in [3.05, 3.63) is 71.5 Å². The summed E-state index contributed by atoms with van der Waals surface area (Å²) in [5, 5.41) is 0. The predicted octanol–water partition coefficient (Wildman–Crippen LogP) is 3.83. The molecule has 0 heterocycles. The molecule has 0 aliphatic heterocycles. The first-order chi connectivity index (χ1) is 11.0. The average Bonchev–Trinajstić information content (AvgIpc) is 2.59. The number of carbonyl (C=O) groups excluding carboxylic acids is 1. The number of hydrogen-bond donors (Lipinski definition) is 1. The second-order valence-electron chi connectivity index (χ2n) is 5.76. The first kappa shape index (κ1) is 17.2. The molecule has 0 aliphatic carbocycles. The largest absolute Gasteiger partial charge is 0.339 e. The van der Waals surface area contributed by atoms with E-state index in [9.17, 15) is 9.18 Å². The van der Waals surface area contributed by atoms with Crippen LogP contribution in [-0.2, 0) is 4.79 Å². The number of nitrogens with zero attached hydrogens (tertiary/aromatic N) is 1. The van der Waals surface area contributed by atoms with Crippen LogP contribution in [0.5, 0.6) is 0 Å². The van der Waals surface area contributed by atoms with E-state index in [1.165, 1.54) is 6.07 Å². The van der Waals surface area contributed by atoms with Gasteiger partial charge in [-0.15, -0.1) is 0 Å². The number of hydrogen-bond acceptors (Lipinski definition) is 2. The van der Waals surface area contributed by atoms with Gasteiger partial charge in [0.2, 0.25) is 5.91 Å². The Morgan fingerprint density at radius 2 is 1.74 bits per heavy atom. The molecule has 2 aromatic rings. The van der Waals surface area contributed by atoms with Crippen molar-refractivity contribution >= 4 is 5.91 Å². The number of halogens is 1. The molecule has 2 aromatic carbocycles. The maximum atomic E-state index is 13.8. The normalized spacial score (nSPS) is 13.4. The van der Waals surface area contributed by atoms with Gasteiger partial charge in [-0.05, 0) is 25.0 Å². The Balaban J connectivity index is 1.94. The zero-order valence-electron chi connectivity index (χ0n) is 13.6.